The number of ketones is 1. The lowest BCUT2D eigenvalue weighted by atomic mass is 10.0. The number of para-hydroxylation sites is 1. The molecule has 1 aromatic carbocycles. The number of amides is 1. The van der Waals surface area contributed by atoms with E-state index in [1.54, 1.807) is 24.3 Å². The summed E-state index contributed by atoms with van der Waals surface area (Å²) in [4.78, 5) is 24.8. The monoisotopic (exact) mass is 287 g/mol. The number of hydrogen-bond acceptors (Lipinski definition) is 3. The van der Waals surface area contributed by atoms with Crippen LogP contribution in [0, 0.1) is 0 Å². The normalized spacial score (nSPS) is 15.2. The van der Waals surface area contributed by atoms with Crippen LogP contribution in [-0.4, -0.2) is 37.6 Å². The largest absolute Gasteiger partial charge is 0.411 e. The molecule has 0 aromatic heterocycles. The minimum Gasteiger partial charge on any atom is -0.362 e. The van der Waals surface area contributed by atoms with Crippen molar-refractivity contribution < 1.29 is 27.5 Å². The topological polar surface area (TPSA) is 46.6 Å². The van der Waals surface area contributed by atoms with Crippen molar-refractivity contribution in [2.45, 2.75) is 12.6 Å². The highest BCUT2D eigenvalue weighted by atomic mass is 19.4. The van der Waals surface area contributed by atoms with Crippen LogP contribution in [-0.2, 0) is 9.53 Å². The zero-order valence-electron chi connectivity index (χ0n) is 10.4. The first-order chi connectivity index (χ1) is 9.38. The summed E-state index contributed by atoms with van der Waals surface area (Å²) in [5.41, 5.74) is 0.826. The molecule has 0 saturated heterocycles. The molecule has 108 valence electrons. The molecular weight excluding hydrogens is 275 g/mol. The van der Waals surface area contributed by atoms with Crippen molar-refractivity contribution in [3.05, 3.63) is 29.8 Å². The molecule has 1 amide bonds. The smallest absolute Gasteiger partial charge is 0.362 e. The summed E-state index contributed by atoms with van der Waals surface area (Å²) in [7, 11) is 0. The van der Waals surface area contributed by atoms with Gasteiger partial charge in [-0.1, -0.05) is 12.1 Å². The number of carbonyl (C=O) groups excluding carboxylic acids is 2. The van der Waals surface area contributed by atoms with Gasteiger partial charge < -0.3 is 9.64 Å². The first kappa shape index (κ1) is 14.5. The van der Waals surface area contributed by atoms with Crippen LogP contribution in [0.4, 0.5) is 18.9 Å². The van der Waals surface area contributed by atoms with Crippen molar-refractivity contribution in [2.24, 2.45) is 0 Å². The number of benzene rings is 1. The maximum Gasteiger partial charge on any atom is 0.411 e. The molecule has 0 aliphatic carbocycles. The Balaban J connectivity index is 2.05. The zero-order valence-corrected chi connectivity index (χ0v) is 10.4. The van der Waals surface area contributed by atoms with Crippen molar-refractivity contribution >= 4 is 17.4 Å². The van der Waals surface area contributed by atoms with Crippen LogP contribution in [0.25, 0.3) is 0 Å². The summed E-state index contributed by atoms with van der Waals surface area (Å²) in [6.45, 7) is -1.97. The molecule has 20 heavy (non-hydrogen) atoms. The van der Waals surface area contributed by atoms with Crippen molar-refractivity contribution in [3.8, 4) is 0 Å². The van der Waals surface area contributed by atoms with Gasteiger partial charge in [0.25, 0.3) is 5.91 Å². The summed E-state index contributed by atoms with van der Waals surface area (Å²) in [6.07, 6.45) is -4.31. The molecular formula is C13H12F3NO3. The quantitative estimate of drug-likeness (QED) is 0.856. The molecule has 1 aromatic rings. The summed E-state index contributed by atoms with van der Waals surface area (Å²) in [6, 6.07) is 6.51. The first-order valence-electron chi connectivity index (χ1n) is 5.95. The van der Waals surface area contributed by atoms with Gasteiger partial charge >= 0.3 is 6.18 Å². The standard InChI is InChI=1S/C13H12F3NO3/c14-13(15,16)8-20-7-12(19)17-6-5-11(18)9-3-1-2-4-10(9)17/h1-4H,5-8H2. The maximum absolute atomic E-state index is 11.9. The minimum atomic E-state index is -4.46. The second-order valence-corrected chi connectivity index (χ2v) is 4.34. The summed E-state index contributed by atoms with van der Waals surface area (Å²) < 4.78 is 40.2. The highest BCUT2D eigenvalue weighted by molar-refractivity contribution is 6.08. The predicted molar refractivity (Wildman–Crippen MR) is 64.6 cm³/mol. The van der Waals surface area contributed by atoms with Crippen LogP contribution >= 0.6 is 0 Å². The number of rotatable bonds is 3. The summed E-state index contributed by atoms with van der Waals surface area (Å²) in [5, 5.41) is 0. The van der Waals surface area contributed by atoms with E-state index < -0.39 is 25.3 Å². The van der Waals surface area contributed by atoms with E-state index in [0.29, 0.717) is 11.3 Å². The second kappa shape index (κ2) is 5.62. The highest BCUT2D eigenvalue weighted by Crippen LogP contribution is 2.26. The van der Waals surface area contributed by atoms with E-state index in [9.17, 15) is 22.8 Å². The third kappa shape index (κ3) is 3.36. The Labute approximate surface area is 113 Å². The highest BCUT2D eigenvalue weighted by Gasteiger charge is 2.30. The minimum absolute atomic E-state index is 0.0825. The lowest BCUT2D eigenvalue weighted by Gasteiger charge is -2.28. The number of Topliss-reactive ketones (excluding diaryl/α,β-unsaturated/α-hetero) is 1. The summed E-state index contributed by atoms with van der Waals surface area (Å²) in [5.74, 6) is -0.671. The van der Waals surface area contributed by atoms with Gasteiger partial charge in [-0.3, -0.25) is 9.59 Å². The molecule has 0 bridgehead atoms. The van der Waals surface area contributed by atoms with Gasteiger partial charge in [0.15, 0.2) is 5.78 Å². The van der Waals surface area contributed by atoms with Gasteiger partial charge in [-0.2, -0.15) is 13.2 Å². The number of carbonyl (C=O) groups is 2. The van der Waals surface area contributed by atoms with Gasteiger partial charge in [0.2, 0.25) is 0 Å². The number of alkyl halides is 3. The average Bonchev–Trinajstić information content (AvgIpc) is 2.38. The van der Waals surface area contributed by atoms with Gasteiger partial charge in [-0.15, -0.1) is 0 Å². The lowest BCUT2D eigenvalue weighted by molar-refractivity contribution is -0.175. The molecule has 2 rings (SSSR count). The van der Waals surface area contributed by atoms with Crippen molar-refractivity contribution in [2.75, 3.05) is 24.7 Å². The maximum atomic E-state index is 11.9. The number of fused-ring (bicyclic) bond motifs is 1. The number of anilines is 1. The fraction of sp³-hybridized carbons (Fsp3) is 0.385. The SMILES string of the molecule is O=C1CCN(C(=O)COCC(F)(F)F)c2ccccc21. The molecule has 0 atom stereocenters. The van der Waals surface area contributed by atoms with Gasteiger partial charge in [-0.25, -0.2) is 0 Å². The van der Waals surface area contributed by atoms with E-state index in [1.807, 2.05) is 0 Å². The second-order valence-electron chi connectivity index (χ2n) is 4.34. The van der Waals surface area contributed by atoms with E-state index in [2.05, 4.69) is 4.74 Å². The van der Waals surface area contributed by atoms with Crippen molar-refractivity contribution in [1.29, 1.82) is 0 Å². The van der Waals surface area contributed by atoms with E-state index in [0.717, 1.165) is 0 Å². The molecule has 1 aliphatic rings. The number of ether oxygens (including phenoxy) is 1. The van der Waals surface area contributed by atoms with Crippen LogP contribution in [0.5, 0.6) is 0 Å². The molecule has 7 heteroatoms. The van der Waals surface area contributed by atoms with Gasteiger partial charge in [0.05, 0.1) is 5.69 Å². The van der Waals surface area contributed by atoms with E-state index in [-0.39, 0.29) is 18.7 Å². The van der Waals surface area contributed by atoms with Gasteiger partial charge in [0, 0.05) is 18.5 Å². The average molecular weight is 287 g/mol. The number of nitrogens with zero attached hydrogens (tertiary/aromatic N) is 1. The van der Waals surface area contributed by atoms with Crippen LogP contribution in [0.1, 0.15) is 16.8 Å². The third-order valence-electron chi connectivity index (χ3n) is 2.85. The fourth-order valence-electron chi connectivity index (χ4n) is 2.00. The van der Waals surface area contributed by atoms with Crippen LogP contribution in [0.15, 0.2) is 24.3 Å². The number of halogens is 3. The van der Waals surface area contributed by atoms with Gasteiger partial charge in [-0.05, 0) is 12.1 Å². The Hall–Kier alpha value is -1.89. The zero-order chi connectivity index (χ0) is 14.8. The molecule has 0 radical (unpaired) electrons. The van der Waals surface area contributed by atoms with E-state index in [4.69, 9.17) is 0 Å². The molecule has 0 saturated carbocycles. The lowest BCUT2D eigenvalue weighted by Crippen LogP contribution is -2.40. The fourth-order valence-corrected chi connectivity index (χ4v) is 2.00. The first-order valence-corrected chi connectivity index (χ1v) is 5.95. The van der Waals surface area contributed by atoms with Crippen LogP contribution < -0.4 is 4.90 Å². The molecule has 0 spiro atoms. The Morgan fingerprint density at radius 3 is 2.70 bits per heavy atom. The molecule has 1 aliphatic heterocycles. The molecule has 0 unspecified atom stereocenters. The van der Waals surface area contributed by atoms with Crippen LogP contribution in [0.3, 0.4) is 0 Å². The van der Waals surface area contributed by atoms with Crippen molar-refractivity contribution in [3.63, 3.8) is 0 Å². The molecule has 4 nitrogen and oxygen atoms in total. The number of hydrogen-bond donors (Lipinski definition) is 0. The summed E-state index contributed by atoms with van der Waals surface area (Å²) >= 11 is 0. The molecule has 0 fully saturated rings. The molecule has 1 heterocycles. The van der Waals surface area contributed by atoms with E-state index in [1.165, 1.54) is 4.90 Å². The third-order valence-corrected chi connectivity index (χ3v) is 2.85. The molecule has 0 N–H and O–H groups in total. The van der Waals surface area contributed by atoms with Gasteiger partial charge in [0.1, 0.15) is 13.2 Å². The predicted octanol–water partition coefficient (Wildman–Crippen LogP) is 2.18. The van der Waals surface area contributed by atoms with Crippen molar-refractivity contribution in [1.82, 2.24) is 0 Å². The Kier molecular flexibility index (Phi) is 4.08. The Bertz CT molecular complexity index is 528. The Morgan fingerprint density at radius 2 is 2.00 bits per heavy atom. The van der Waals surface area contributed by atoms with E-state index >= 15 is 0 Å². The van der Waals surface area contributed by atoms with Crippen LogP contribution in [0.2, 0.25) is 0 Å². The Morgan fingerprint density at radius 1 is 1.30 bits per heavy atom.